The predicted molar refractivity (Wildman–Crippen MR) is 220 cm³/mol. The fourth-order valence-corrected chi connectivity index (χ4v) is 9.61. The summed E-state index contributed by atoms with van der Waals surface area (Å²) < 4.78 is 59.5. The molecule has 1 unspecified atom stereocenters. The third-order valence-electron chi connectivity index (χ3n) is 11.6. The normalized spacial score (nSPS) is 18.7. The zero-order valence-electron chi connectivity index (χ0n) is 32.8. The molecule has 0 radical (unpaired) electrons. The molecule has 1 aromatic heterocycles. The molecule has 3 aliphatic heterocycles. The van der Waals surface area contributed by atoms with Crippen molar-refractivity contribution in [2.45, 2.75) is 69.9 Å². The van der Waals surface area contributed by atoms with Crippen molar-refractivity contribution in [1.82, 2.24) is 24.1 Å². The van der Waals surface area contributed by atoms with Gasteiger partial charge in [0.15, 0.2) is 5.82 Å². The standard InChI is InChI=1S/C43H47FN6O8S/c1-47-36-23-30(12-14-34(36)50(43(47)54)35-15-16-38(51)45-42(35)53)29-17-20-48(21-18-29)19-7-2-3-8-22-57-32-13-11-31-24-37(58-27-28-9-5-4-6-10-28)41(40(44)33(31)25-32)49-26-39(52)46-59(49,55)56/h4-6,9-14,23-25,29,35H,2-3,7-8,15-22,26-27H2,1H3,(H,46,52)(H,45,51,53). The summed E-state index contributed by atoms with van der Waals surface area (Å²) in [6.07, 6.45) is 6.42. The Bertz CT molecular complexity index is 2590. The number of amides is 3. The second-order valence-corrected chi connectivity index (χ2v) is 17.1. The molecule has 4 heterocycles. The first-order valence-electron chi connectivity index (χ1n) is 20.1. The van der Waals surface area contributed by atoms with Crippen LogP contribution in [0.5, 0.6) is 11.5 Å². The summed E-state index contributed by atoms with van der Waals surface area (Å²) in [7, 11) is -2.58. The van der Waals surface area contributed by atoms with E-state index in [-0.39, 0.29) is 41.4 Å². The maximum atomic E-state index is 16.3. The second-order valence-electron chi connectivity index (χ2n) is 15.5. The Balaban J connectivity index is 0.813. The largest absolute Gasteiger partial charge is 0.494 e. The minimum atomic E-state index is -4.30. The lowest BCUT2D eigenvalue weighted by atomic mass is 9.89. The van der Waals surface area contributed by atoms with Gasteiger partial charge < -0.3 is 14.4 Å². The molecule has 3 fully saturated rings. The van der Waals surface area contributed by atoms with Crippen LogP contribution in [0.1, 0.15) is 74.5 Å². The summed E-state index contributed by atoms with van der Waals surface area (Å²) in [5.74, 6) is -1.50. The molecule has 0 aliphatic carbocycles. The molecule has 5 aromatic rings. The highest BCUT2D eigenvalue weighted by Crippen LogP contribution is 2.41. The van der Waals surface area contributed by atoms with Crippen molar-refractivity contribution in [2.75, 3.05) is 37.1 Å². The number of halogens is 1. The maximum Gasteiger partial charge on any atom is 0.329 e. The smallest absolute Gasteiger partial charge is 0.329 e. The lowest BCUT2D eigenvalue weighted by Crippen LogP contribution is -2.44. The SMILES string of the molecule is Cn1c(=O)n(C2CCC(=O)NC2=O)c2ccc(C3CCN(CCCCCCOc4ccc5cc(OCc6ccccc6)c(N6CC(=O)NS6(=O)=O)c(F)c5c4)CC3)cc21. The number of hydrogen-bond donors (Lipinski definition) is 2. The van der Waals surface area contributed by atoms with Crippen LogP contribution in [-0.4, -0.2) is 73.0 Å². The van der Waals surface area contributed by atoms with E-state index < -0.39 is 40.4 Å². The number of unbranched alkanes of at least 4 members (excludes halogenated alkanes) is 3. The van der Waals surface area contributed by atoms with Crippen LogP contribution in [-0.2, 0) is 38.2 Å². The summed E-state index contributed by atoms with van der Waals surface area (Å²) in [4.78, 5) is 52.0. The van der Waals surface area contributed by atoms with E-state index in [9.17, 15) is 27.6 Å². The molecule has 0 bridgehead atoms. The van der Waals surface area contributed by atoms with Crippen molar-refractivity contribution < 1.29 is 36.7 Å². The Kier molecular flexibility index (Phi) is 11.4. The van der Waals surface area contributed by atoms with Gasteiger partial charge in [-0.25, -0.2) is 18.2 Å². The third kappa shape index (κ3) is 8.41. The van der Waals surface area contributed by atoms with E-state index in [2.05, 4.69) is 22.3 Å². The third-order valence-corrected chi connectivity index (χ3v) is 13.0. The van der Waals surface area contributed by atoms with Crippen molar-refractivity contribution in [3.8, 4) is 11.5 Å². The Morgan fingerprint density at radius 1 is 0.831 bits per heavy atom. The van der Waals surface area contributed by atoms with Gasteiger partial charge in [0, 0.05) is 18.9 Å². The minimum absolute atomic E-state index is 0.00408. The van der Waals surface area contributed by atoms with Gasteiger partial charge in [-0.2, -0.15) is 8.42 Å². The minimum Gasteiger partial charge on any atom is -0.494 e. The van der Waals surface area contributed by atoms with Gasteiger partial charge in [0.2, 0.25) is 11.8 Å². The summed E-state index contributed by atoms with van der Waals surface area (Å²) in [6.45, 7) is 2.93. The number of nitrogens with one attached hydrogen (secondary N) is 2. The number of rotatable bonds is 14. The molecule has 2 N–H and O–H groups in total. The van der Waals surface area contributed by atoms with Crippen LogP contribution in [0, 0.1) is 5.82 Å². The number of nitrogens with zero attached hydrogens (tertiary/aromatic N) is 4. The molecule has 16 heteroatoms. The number of fused-ring (bicyclic) bond motifs is 2. The van der Waals surface area contributed by atoms with E-state index in [0.717, 1.165) is 69.2 Å². The van der Waals surface area contributed by atoms with Gasteiger partial charge in [-0.1, -0.05) is 55.3 Å². The number of benzene rings is 4. The van der Waals surface area contributed by atoms with Crippen molar-refractivity contribution in [3.63, 3.8) is 0 Å². The monoisotopic (exact) mass is 826 g/mol. The Labute approximate surface area is 341 Å². The lowest BCUT2D eigenvalue weighted by molar-refractivity contribution is -0.135. The number of anilines is 1. The molecule has 1 atom stereocenters. The van der Waals surface area contributed by atoms with Crippen molar-refractivity contribution >= 4 is 55.4 Å². The molecule has 0 spiro atoms. The Morgan fingerprint density at radius 2 is 1.61 bits per heavy atom. The molecule has 3 aliphatic rings. The number of aryl methyl sites for hydroxylation is 1. The number of carbonyl (C=O) groups excluding carboxylic acids is 3. The molecule has 310 valence electrons. The van der Waals surface area contributed by atoms with Gasteiger partial charge in [-0.05, 0) is 105 Å². The Hall–Kier alpha value is -5.74. The molecule has 14 nitrogen and oxygen atoms in total. The summed E-state index contributed by atoms with van der Waals surface area (Å²) in [5.41, 5.74) is 2.90. The average molecular weight is 827 g/mol. The molecule has 4 aromatic carbocycles. The number of piperidine rings is 2. The maximum absolute atomic E-state index is 16.3. The zero-order chi connectivity index (χ0) is 41.3. The van der Waals surface area contributed by atoms with E-state index in [1.165, 1.54) is 10.1 Å². The molecule has 8 rings (SSSR count). The van der Waals surface area contributed by atoms with Crippen LogP contribution in [0.3, 0.4) is 0 Å². The molecule has 59 heavy (non-hydrogen) atoms. The van der Waals surface area contributed by atoms with E-state index in [1.807, 2.05) is 41.1 Å². The average Bonchev–Trinajstić information content (AvgIpc) is 3.64. The molecule has 3 saturated heterocycles. The molecular weight excluding hydrogens is 780 g/mol. The number of imidazole rings is 1. The van der Waals surface area contributed by atoms with Crippen molar-refractivity contribution in [3.05, 3.63) is 100 Å². The van der Waals surface area contributed by atoms with Crippen molar-refractivity contribution in [2.24, 2.45) is 7.05 Å². The van der Waals surface area contributed by atoms with E-state index >= 15 is 4.39 Å². The number of imide groups is 1. The molecular formula is C43H47FN6O8S. The number of hydrogen-bond acceptors (Lipinski definition) is 9. The highest BCUT2D eigenvalue weighted by atomic mass is 32.2. The van der Waals surface area contributed by atoms with Gasteiger partial charge in [0.05, 0.1) is 17.6 Å². The van der Waals surface area contributed by atoms with Crippen LogP contribution in [0.2, 0.25) is 0 Å². The fraction of sp³-hybridized carbons (Fsp3) is 0.395. The first-order chi connectivity index (χ1) is 28.5. The second kappa shape index (κ2) is 16.9. The summed E-state index contributed by atoms with van der Waals surface area (Å²) >= 11 is 0. The van der Waals surface area contributed by atoms with Crippen molar-refractivity contribution in [1.29, 1.82) is 0 Å². The highest BCUT2D eigenvalue weighted by Gasteiger charge is 2.38. The Morgan fingerprint density at radius 3 is 2.36 bits per heavy atom. The lowest BCUT2D eigenvalue weighted by Gasteiger charge is -2.32. The first-order valence-corrected chi connectivity index (χ1v) is 21.6. The van der Waals surface area contributed by atoms with E-state index in [1.54, 1.807) is 35.9 Å². The topological polar surface area (TPSA) is 161 Å². The van der Waals surface area contributed by atoms with Crippen LogP contribution in [0.25, 0.3) is 21.8 Å². The van der Waals surface area contributed by atoms with Crippen LogP contribution < -0.4 is 29.5 Å². The van der Waals surface area contributed by atoms with Gasteiger partial charge in [0.1, 0.15) is 36.4 Å². The van der Waals surface area contributed by atoms with Crippen LogP contribution >= 0.6 is 0 Å². The van der Waals surface area contributed by atoms with Gasteiger partial charge >= 0.3 is 15.9 Å². The van der Waals surface area contributed by atoms with E-state index in [0.29, 0.717) is 39.9 Å². The number of ether oxygens (including phenoxy) is 2. The first kappa shape index (κ1) is 40.1. The predicted octanol–water partition coefficient (Wildman–Crippen LogP) is 5.19. The fourth-order valence-electron chi connectivity index (χ4n) is 8.45. The number of aromatic nitrogens is 2. The molecule has 0 saturated carbocycles. The van der Waals surface area contributed by atoms with Gasteiger partial charge in [0.25, 0.3) is 5.91 Å². The van der Waals surface area contributed by atoms with Gasteiger partial charge in [-0.3, -0.25) is 28.8 Å². The quantitative estimate of drug-likeness (QED) is 0.114. The van der Waals surface area contributed by atoms with E-state index in [4.69, 9.17) is 9.47 Å². The molecule has 3 amide bonds. The van der Waals surface area contributed by atoms with Crippen LogP contribution in [0.15, 0.2) is 77.6 Å². The summed E-state index contributed by atoms with van der Waals surface area (Å²) in [6, 6.07) is 21.2. The van der Waals surface area contributed by atoms with Crippen LogP contribution in [0.4, 0.5) is 10.1 Å². The number of carbonyl (C=O) groups is 3. The zero-order valence-corrected chi connectivity index (χ0v) is 33.6. The summed E-state index contributed by atoms with van der Waals surface area (Å²) in [5, 5.41) is 3.01. The van der Waals surface area contributed by atoms with Gasteiger partial charge in [-0.15, -0.1) is 0 Å². The highest BCUT2D eigenvalue weighted by molar-refractivity contribution is 7.92. The number of likely N-dealkylation sites (tertiary alicyclic amines) is 1.